The van der Waals surface area contributed by atoms with Crippen LogP contribution in [0.25, 0.3) is 0 Å². The second-order valence-electron chi connectivity index (χ2n) is 9.04. The predicted molar refractivity (Wildman–Crippen MR) is 152 cm³/mol. The highest BCUT2D eigenvalue weighted by Gasteiger charge is 2.33. The smallest absolute Gasteiger partial charge is 0.264 e. The van der Waals surface area contributed by atoms with Crippen molar-refractivity contribution in [3.05, 3.63) is 94.2 Å². The summed E-state index contributed by atoms with van der Waals surface area (Å²) in [5, 5.41) is 2.92. The molecule has 0 saturated heterocycles. The van der Waals surface area contributed by atoms with E-state index in [0.717, 1.165) is 4.31 Å². The van der Waals surface area contributed by atoms with Gasteiger partial charge >= 0.3 is 0 Å². The molecule has 0 heterocycles. The van der Waals surface area contributed by atoms with Crippen molar-refractivity contribution in [2.75, 3.05) is 10.8 Å². The summed E-state index contributed by atoms with van der Waals surface area (Å²) < 4.78 is 42.0. The summed E-state index contributed by atoms with van der Waals surface area (Å²) in [6.45, 7) is 4.59. The number of nitrogens with one attached hydrogen (secondary N) is 1. The van der Waals surface area contributed by atoms with Crippen molar-refractivity contribution >= 4 is 50.7 Å². The Morgan fingerprint density at radius 1 is 0.949 bits per heavy atom. The molecule has 3 rings (SSSR count). The van der Waals surface area contributed by atoms with E-state index in [4.69, 9.17) is 23.2 Å². The number of carbonyl (C=O) groups is 2. The number of hydrogen-bond donors (Lipinski definition) is 1. The monoisotopic (exact) mass is 593 g/mol. The highest BCUT2D eigenvalue weighted by atomic mass is 35.5. The number of rotatable bonds is 11. The van der Waals surface area contributed by atoms with Gasteiger partial charge in [-0.2, -0.15) is 0 Å². The maximum absolute atomic E-state index is 13.9. The molecule has 39 heavy (non-hydrogen) atoms. The van der Waals surface area contributed by atoms with Crippen LogP contribution in [0.3, 0.4) is 0 Å². The Labute approximate surface area is 238 Å². The number of benzene rings is 3. The van der Waals surface area contributed by atoms with Gasteiger partial charge in [-0.25, -0.2) is 12.8 Å². The van der Waals surface area contributed by atoms with E-state index in [1.807, 2.05) is 13.8 Å². The molecule has 0 spiro atoms. The molecule has 0 aliphatic carbocycles. The minimum absolute atomic E-state index is 0.0137. The first kappa shape index (κ1) is 30.4. The van der Waals surface area contributed by atoms with Crippen LogP contribution in [0, 0.1) is 5.82 Å². The lowest BCUT2D eigenvalue weighted by Gasteiger charge is -2.32. The first-order valence-electron chi connectivity index (χ1n) is 12.3. The molecular formula is C28H30Cl2FN3O4S. The van der Waals surface area contributed by atoms with Gasteiger partial charge in [0.05, 0.1) is 20.6 Å². The van der Waals surface area contributed by atoms with Crippen LogP contribution in [0.15, 0.2) is 77.7 Å². The Hall–Kier alpha value is -3.14. The summed E-state index contributed by atoms with van der Waals surface area (Å²) in [5.74, 6) is -1.52. The molecule has 3 aromatic carbocycles. The fraction of sp³-hybridized carbons (Fsp3) is 0.286. The third-order valence-corrected chi connectivity index (χ3v) is 8.83. The zero-order valence-corrected chi connectivity index (χ0v) is 24.1. The van der Waals surface area contributed by atoms with Crippen LogP contribution in [0.1, 0.15) is 32.8 Å². The third kappa shape index (κ3) is 7.50. The van der Waals surface area contributed by atoms with Gasteiger partial charge in [-0.1, -0.05) is 66.5 Å². The number of anilines is 1. The zero-order chi connectivity index (χ0) is 28.7. The van der Waals surface area contributed by atoms with Crippen molar-refractivity contribution in [1.82, 2.24) is 10.2 Å². The first-order chi connectivity index (χ1) is 18.4. The maximum Gasteiger partial charge on any atom is 0.264 e. The quantitative estimate of drug-likeness (QED) is 0.311. The SMILES string of the molecule is CCC(C)NC(=O)C(C)N(Cc1ccc(F)cc1)C(=O)CN(c1cccc(Cl)c1Cl)S(=O)(=O)c1ccccc1. The van der Waals surface area contributed by atoms with E-state index >= 15 is 0 Å². The van der Waals surface area contributed by atoms with Gasteiger partial charge in [0.2, 0.25) is 11.8 Å². The van der Waals surface area contributed by atoms with E-state index in [0.29, 0.717) is 12.0 Å². The topological polar surface area (TPSA) is 86.8 Å². The molecule has 2 atom stereocenters. The van der Waals surface area contributed by atoms with Crippen LogP contribution in [-0.4, -0.2) is 43.8 Å². The average Bonchev–Trinajstić information content (AvgIpc) is 2.92. The van der Waals surface area contributed by atoms with Gasteiger partial charge in [0.1, 0.15) is 18.4 Å². The second-order valence-corrected chi connectivity index (χ2v) is 11.7. The molecule has 0 saturated carbocycles. The van der Waals surface area contributed by atoms with E-state index in [9.17, 15) is 22.4 Å². The highest BCUT2D eigenvalue weighted by Crippen LogP contribution is 2.35. The summed E-state index contributed by atoms with van der Waals surface area (Å²) in [5.41, 5.74) is 0.575. The highest BCUT2D eigenvalue weighted by molar-refractivity contribution is 7.92. The lowest BCUT2D eigenvalue weighted by atomic mass is 10.1. The first-order valence-corrected chi connectivity index (χ1v) is 14.5. The number of halogens is 3. The largest absolute Gasteiger partial charge is 0.352 e. The summed E-state index contributed by atoms with van der Waals surface area (Å²) in [6, 6.07) is 16.5. The molecule has 2 unspecified atom stereocenters. The van der Waals surface area contributed by atoms with Crippen LogP contribution < -0.4 is 9.62 Å². The number of amides is 2. The summed E-state index contributed by atoms with van der Waals surface area (Å²) in [7, 11) is -4.28. The summed E-state index contributed by atoms with van der Waals surface area (Å²) in [6.07, 6.45) is 0.681. The van der Waals surface area contributed by atoms with Crippen molar-refractivity contribution in [2.45, 2.75) is 50.7 Å². The number of carbonyl (C=O) groups excluding carboxylic acids is 2. The zero-order valence-electron chi connectivity index (χ0n) is 21.8. The molecule has 0 radical (unpaired) electrons. The Morgan fingerprint density at radius 3 is 2.21 bits per heavy atom. The van der Waals surface area contributed by atoms with E-state index in [2.05, 4.69) is 5.32 Å². The lowest BCUT2D eigenvalue weighted by molar-refractivity contribution is -0.139. The molecule has 208 valence electrons. The van der Waals surface area contributed by atoms with Gasteiger partial charge in [0.25, 0.3) is 10.0 Å². The lowest BCUT2D eigenvalue weighted by Crippen LogP contribution is -2.52. The van der Waals surface area contributed by atoms with Crippen LogP contribution >= 0.6 is 23.2 Å². The Bertz CT molecular complexity index is 1410. The Balaban J connectivity index is 2.05. The Kier molecular flexibility index (Phi) is 10.4. The molecule has 7 nitrogen and oxygen atoms in total. The van der Waals surface area contributed by atoms with Gasteiger partial charge in [-0.3, -0.25) is 13.9 Å². The molecule has 0 bridgehead atoms. The van der Waals surface area contributed by atoms with Crippen molar-refractivity contribution in [3.63, 3.8) is 0 Å². The van der Waals surface area contributed by atoms with E-state index in [-0.39, 0.29) is 33.2 Å². The van der Waals surface area contributed by atoms with Crippen molar-refractivity contribution in [1.29, 1.82) is 0 Å². The van der Waals surface area contributed by atoms with E-state index in [1.165, 1.54) is 59.5 Å². The van der Waals surface area contributed by atoms with Crippen molar-refractivity contribution < 1.29 is 22.4 Å². The summed E-state index contributed by atoms with van der Waals surface area (Å²) >= 11 is 12.6. The van der Waals surface area contributed by atoms with Gasteiger partial charge in [-0.05, 0) is 62.2 Å². The number of sulfonamides is 1. The molecule has 11 heteroatoms. The normalized spacial score (nSPS) is 12.9. The van der Waals surface area contributed by atoms with Gasteiger partial charge in [0, 0.05) is 12.6 Å². The van der Waals surface area contributed by atoms with Gasteiger partial charge < -0.3 is 10.2 Å². The molecule has 0 fully saturated rings. The second kappa shape index (κ2) is 13.3. The minimum atomic E-state index is -4.28. The van der Waals surface area contributed by atoms with Crippen molar-refractivity contribution in [3.8, 4) is 0 Å². The molecule has 3 aromatic rings. The standard InChI is InChI=1S/C28H30Cl2FN3O4S/c1-4-19(2)32-28(36)20(3)33(17-21-13-15-22(31)16-14-21)26(35)18-34(25-12-8-11-24(29)27(25)30)39(37,38)23-9-6-5-7-10-23/h5-16,19-20H,4,17-18H2,1-3H3,(H,32,36). The molecule has 1 N–H and O–H groups in total. The third-order valence-electron chi connectivity index (χ3n) is 6.24. The molecular weight excluding hydrogens is 564 g/mol. The number of nitrogens with zero attached hydrogens (tertiary/aromatic N) is 2. The van der Waals surface area contributed by atoms with Gasteiger partial charge in [0.15, 0.2) is 0 Å². The van der Waals surface area contributed by atoms with Crippen molar-refractivity contribution in [2.24, 2.45) is 0 Å². The fourth-order valence-electron chi connectivity index (χ4n) is 3.75. The van der Waals surface area contributed by atoms with Crippen LogP contribution in [-0.2, 0) is 26.2 Å². The van der Waals surface area contributed by atoms with Gasteiger partial charge in [-0.15, -0.1) is 0 Å². The maximum atomic E-state index is 13.9. The predicted octanol–water partition coefficient (Wildman–Crippen LogP) is 5.66. The average molecular weight is 595 g/mol. The molecule has 2 amide bonds. The van der Waals surface area contributed by atoms with Crippen LogP contribution in [0.4, 0.5) is 10.1 Å². The molecule has 0 aliphatic rings. The fourth-order valence-corrected chi connectivity index (χ4v) is 5.65. The Morgan fingerprint density at radius 2 is 1.59 bits per heavy atom. The molecule has 0 aliphatic heterocycles. The minimum Gasteiger partial charge on any atom is -0.352 e. The van der Waals surface area contributed by atoms with Crippen LogP contribution in [0.5, 0.6) is 0 Å². The van der Waals surface area contributed by atoms with Crippen LogP contribution in [0.2, 0.25) is 10.0 Å². The molecule has 0 aromatic heterocycles. The van der Waals surface area contributed by atoms with E-state index in [1.54, 1.807) is 25.1 Å². The van der Waals surface area contributed by atoms with E-state index < -0.39 is 40.2 Å². The number of hydrogen-bond acceptors (Lipinski definition) is 4. The summed E-state index contributed by atoms with van der Waals surface area (Å²) in [4.78, 5) is 28.1.